The molecule has 2 atom stereocenters. The SMILES string of the molecule is CCCCc1ccc(CCc2ccc(C3=C\CCCO/C([C@@H]4[C@@H](O)CCN4C(=N)N)=N\3)cc2C(F)(F)F)cc1. The number of benzene rings is 2. The van der Waals surface area contributed by atoms with Crippen LogP contribution in [-0.4, -0.2) is 47.2 Å². The van der Waals surface area contributed by atoms with Crippen molar-refractivity contribution < 1.29 is 23.0 Å². The normalized spacial score (nSPS) is 22.7. The zero-order valence-electron chi connectivity index (χ0n) is 22.3. The van der Waals surface area contributed by atoms with E-state index < -0.39 is 23.9 Å². The molecule has 0 aromatic heterocycles. The second kappa shape index (κ2) is 12.7. The van der Waals surface area contributed by atoms with Gasteiger partial charge in [-0.05, 0) is 67.7 Å². The lowest BCUT2D eigenvalue weighted by atomic mass is 9.95. The average molecular weight is 543 g/mol. The number of ether oxygens (including phenoxy) is 1. The van der Waals surface area contributed by atoms with Gasteiger partial charge >= 0.3 is 6.18 Å². The molecule has 2 heterocycles. The van der Waals surface area contributed by atoms with Crippen LogP contribution >= 0.6 is 0 Å². The van der Waals surface area contributed by atoms with Crippen LogP contribution in [0.5, 0.6) is 0 Å². The molecule has 210 valence electrons. The van der Waals surface area contributed by atoms with Crippen LogP contribution in [0.25, 0.3) is 5.70 Å². The molecule has 6 nitrogen and oxygen atoms in total. The third-order valence-corrected chi connectivity index (χ3v) is 7.33. The maximum Gasteiger partial charge on any atom is 0.416 e. The molecule has 2 aromatic carbocycles. The van der Waals surface area contributed by atoms with Gasteiger partial charge in [-0.1, -0.05) is 55.8 Å². The van der Waals surface area contributed by atoms with Crippen LogP contribution in [0, 0.1) is 5.41 Å². The van der Waals surface area contributed by atoms with Crippen LogP contribution < -0.4 is 5.73 Å². The van der Waals surface area contributed by atoms with Crippen molar-refractivity contribution in [3.8, 4) is 0 Å². The van der Waals surface area contributed by atoms with E-state index in [4.69, 9.17) is 15.9 Å². The fraction of sp³-hybridized carbons (Fsp3) is 0.467. The number of hydrogen-bond donors (Lipinski definition) is 3. The fourth-order valence-corrected chi connectivity index (χ4v) is 5.12. The van der Waals surface area contributed by atoms with E-state index in [0.29, 0.717) is 50.1 Å². The Balaban J connectivity index is 1.59. The second-order valence-corrected chi connectivity index (χ2v) is 10.2. The van der Waals surface area contributed by atoms with Crippen LogP contribution in [0.4, 0.5) is 13.2 Å². The number of allylic oxidation sites excluding steroid dienone is 1. The Morgan fingerprint density at radius 1 is 1.13 bits per heavy atom. The summed E-state index contributed by atoms with van der Waals surface area (Å²) in [6, 6.07) is 11.7. The Kier molecular flexibility index (Phi) is 9.32. The number of rotatable bonds is 8. The maximum atomic E-state index is 14.2. The highest BCUT2D eigenvalue weighted by Gasteiger charge is 2.39. The third-order valence-electron chi connectivity index (χ3n) is 7.33. The van der Waals surface area contributed by atoms with Crippen molar-refractivity contribution in [3.63, 3.8) is 0 Å². The van der Waals surface area contributed by atoms with Gasteiger partial charge in [-0.15, -0.1) is 0 Å². The summed E-state index contributed by atoms with van der Waals surface area (Å²) < 4.78 is 48.4. The number of nitrogens with two attached hydrogens (primary N) is 1. The highest BCUT2D eigenvalue weighted by Crippen LogP contribution is 2.35. The summed E-state index contributed by atoms with van der Waals surface area (Å²) in [6.07, 6.45) is 2.08. The molecule has 0 unspecified atom stereocenters. The van der Waals surface area contributed by atoms with E-state index in [9.17, 15) is 18.3 Å². The Morgan fingerprint density at radius 2 is 1.85 bits per heavy atom. The van der Waals surface area contributed by atoms with Crippen LogP contribution in [-0.2, 0) is 30.2 Å². The third kappa shape index (κ3) is 7.20. The zero-order valence-corrected chi connectivity index (χ0v) is 22.3. The minimum atomic E-state index is -4.52. The summed E-state index contributed by atoms with van der Waals surface area (Å²) in [5.41, 5.74) is 8.20. The predicted molar refractivity (Wildman–Crippen MR) is 148 cm³/mol. The molecule has 1 saturated heterocycles. The minimum absolute atomic E-state index is 0.168. The summed E-state index contributed by atoms with van der Waals surface area (Å²) in [5, 5.41) is 18.4. The lowest BCUT2D eigenvalue weighted by Gasteiger charge is -2.28. The molecular weight excluding hydrogens is 505 g/mol. The number of hydrogen-bond acceptors (Lipinski definition) is 4. The van der Waals surface area contributed by atoms with Crippen molar-refractivity contribution in [1.82, 2.24) is 4.90 Å². The standard InChI is InChI=1S/C30H37F3N4O2/c1-2-3-6-20-8-10-21(11-9-20)12-13-22-14-15-23(19-24(22)30(31,32)33)25-7-4-5-18-39-28(36-25)27-26(38)16-17-37(27)29(34)35/h7-11,14-15,19,26-27,38H,2-6,12-13,16-18H2,1H3,(H3,34,35)/b25-7+,36-28-/t26-,27-/m0/s1. The molecule has 2 aliphatic rings. The molecule has 39 heavy (non-hydrogen) atoms. The molecule has 0 spiro atoms. The fourth-order valence-electron chi connectivity index (χ4n) is 5.12. The zero-order chi connectivity index (χ0) is 28.0. The smallest absolute Gasteiger partial charge is 0.416 e. The largest absolute Gasteiger partial charge is 0.479 e. The number of aryl methyl sites for hydroxylation is 3. The number of nitrogens with one attached hydrogen (secondary N) is 1. The van der Waals surface area contributed by atoms with E-state index in [1.165, 1.54) is 16.5 Å². The van der Waals surface area contributed by atoms with Gasteiger partial charge in [-0.3, -0.25) is 5.41 Å². The Hall–Kier alpha value is -3.33. The first-order valence-corrected chi connectivity index (χ1v) is 13.7. The van der Waals surface area contributed by atoms with Gasteiger partial charge in [0.2, 0.25) is 5.90 Å². The van der Waals surface area contributed by atoms with Crippen LogP contribution in [0.15, 0.2) is 53.5 Å². The number of aliphatic hydroxyl groups is 1. The summed E-state index contributed by atoms with van der Waals surface area (Å²) in [6.45, 7) is 2.87. The predicted octanol–water partition coefficient (Wildman–Crippen LogP) is 5.71. The number of unbranched alkanes of at least 4 members (excludes halogenated alkanes) is 1. The van der Waals surface area contributed by atoms with Gasteiger partial charge in [0.15, 0.2) is 5.96 Å². The number of guanidine groups is 1. The summed E-state index contributed by atoms with van der Waals surface area (Å²) >= 11 is 0. The number of halogens is 3. The molecule has 0 bridgehead atoms. The summed E-state index contributed by atoms with van der Waals surface area (Å²) in [4.78, 5) is 6.08. The first-order valence-electron chi connectivity index (χ1n) is 13.7. The van der Waals surface area contributed by atoms with Gasteiger partial charge in [0, 0.05) is 12.1 Å². The van der Waals surface area contributed by atoms with E-state index in [2.05, 4.69) is 24.0 Å². The number of nitrogens with zero attached hydrogens (tertiary/aromatic N) is 2. The van der Waals surface area contributed by atoms with Crippen molar-refractivity contribution >= 4 is 17.6 Å². The Morgan fingerprint density at radius 3 is 2.51 bits per heavy atom. The minimum Gasteiger partial charge on any atom is -0.479 e. The molecule has 2 aromatic rings. The summed E-state index contributed by atoms with van der Waals surface area (Å²) in [5.74, 6) is -0.0454. The van der Waals surface area contributed by atoms with E-state index >= 15 is 0 Å². The first-order chi connectivity index (χ1) is 18.7. The van der Waals surface area contributed by atoms with E-state index in [-0.39, 0.29) is 23.8 Å². The molecule has 1 fully saturated rings. The highest BCUT2D eigenvalue weighted by molar-refractivity contribution is 5.92. The molecule has 2 aliphatic heterocycles. The lowest BCUT2D eigenvalue weighted by Crippen LogP contribution is -2.48. The van der Waals surface area contributed by atoms with E-state index in [0.717, 1.165) is 30.9 Å². The highest BCUT2D eigenvalue weighted by atomic mass is 19.4. The van der Waals surface area contributed by atoms with Gasteiger partial charge < -0.3 is 20.5 Å². The Labute approximate surface area is 227 Å². The molecule has 4 rings (SSSR count). The molecule has 0 saturated carbocycles. The quantitative estimate of drug-likeness (QED) is 0.294. The van der Waals surface area contributed by atoms with Crippen molar-refractivity contribution in [3.05, 3.63) is 76.4 Å². The van der Waals surface area contributed by atoms with Crippen LogP contribution in [0.2, 0.25) is 0 Å². The number of alkyl halides is 3. The van der Waals surface area contributed by atoms with Crippen molar-refractivity contribution in [2.24, 2.45) is 10.7 Å². The molecule has 4 N–H and O–H groups in total. The van der Waals surface area contributed by atoms with Gasteiger partial charge in [-0.2, -0.15) is 13.2 Å². The number of aliphatic imine (C=N–C) groups is 1. The van der Waals surface area contributed by atoms with Crippen LogP contribution in [0.1, 0.15) is 66.8 Å². The molecule has 0 radical (unpaired) electrons. The average Bonchev–Trinajstić information content (AvgIpc) is 3.28. The van der Waals surface area contributed by atoms with E-state index in [1.54, 1.807) is 12.1 Å². The molecule has 9 heteroatoms. The topological polar surface area (TPSA) is 94.9 Å². The summed E-state index contributed by atoms with van der Waals surface area (Å²) in [7, 11) is 0. The Bertz CT molecular complexity index is 1210. The van der Waals surface area contributed by atoms with Gasteiger partial charge in [0.25, 0.3) is 0 Å². The van der Waals surface area contributed by atoms with Gasteiger partial charge in [0.1, 0.15) is 6.04 Å². The monoisotopic (exact) mass is 542 g/mol. The van der Waals surface area contributed by atoms with Gasteiger partial charge in [0.05, 0.1) is 24.0 Å². The molecular formula is C30H37F3N4O2. The molecule has 0 amide bonds. The van der Waals surface area contributed by atoms with Crippen molar-refractivity contribution in [2.75, 3.05) is 13.2 Å². The van der Waals surface area contributed by atoms with E-state index in [1.807, 2.05) is 12.1 Å². The second-order valence-electron chi connectivity index (χ2n) is 10.2. The van der Waals surface area contributed by atoms with Crippen molar-refractivity contribution in [1.29, 1.82) is 5.41 Å². The van der Waals surface area contributed by atoms with Crippen LogP contribution in [0.3, 0.4) is 0 Å². The number of aliphatic hydroxyl groups excluding tert-OH is 1. The first kappa shape index (κ1) is 28.7. The van der Waals surface area contributed by atoms with Crippen molar-refractivity contribution in [2.45, 2.75) is 76.6 Å². The maximum absolute atomic E-state index is 14.2. The van der Waals surface area contributed by atoms with Gasteiger partial charge in [-0.25, -0.2) is 4.99 Å². The molecule has 0 aliphatic carbocycles. The lowest BCUT2D eigenvalue weighted by molar-refractivity contribution is -0.138. The number of likely N-dealkylation sites (tertiary alicyclic amines) is 1.